The molecule has 0 unspecified atom stereocenters. The van der Waals surface area contributed by atoms with Gasteiger partial charge in [-0.1, -0.05) is 47.8 Å². The Bertz CT molecular complexity index is 113. The molecular weight excluding hydrogens is 198 g/mol. The number of rotatable bonds is 6. The van der Waals surface area contributed by atoms with E-state index in [-0.39, 0.29) is 0 Å². The molecule has 0 aromatic carbocycles. The van der Waals surface area contributed by atoms with Crippen LogP contribution in [0.5, 0.6) is 0 Å². The minimum atomic E-state index is 0.799. The second-order valence-electron chi connectivity index (χ2n) is 3.61. The van der Waals surface area contributed by atoms with Gasteiger partial charge >= 0.3 is 0 Å². The molecule has 1 aliphatic heterocycles. The molecule has 0 amide bonds. The summed E-state index contributed by atoms with van der Waals surface area (Å²) < 4.78 is 0. The van der Waals surface area contributed by atoms with Crippen LogP contribution in [0.3, 0.4) is 0 Å². The van der Waals surface area contributed by atoms with Gasteiger partial charge in [0, 0.05) is 17.5 Å². The summed E-state index contributed by atoms with van der Waals surface area (Å²) in [6, 6.07) is 0.799. The Kier molecular flexibility index (Phi) is 7.23. The van der Waals surface area contributed by atoms with Gasteiger partial charge in [-0.05, 0) is 19.4 Å². The second kappa shape index (κ2) is 8.01. The van der Waals surface area contributed by atoms with E-state index in [0.717, 1.165) is 6.04 Å². The molecule has 1 fully saturated rings. The lowest BCUT2D eigenvalue weighted by Gasteiger charge is -2.21. The van der Waals surface area contributed by atoms with Crippen molar-refractivity contribution in [2.45, 2.75) is 45.1 Å². The Balaban J connectivity index is 1.86. The fourth-order valence-corrected chi connectivity index (χ4v) is 3.95. The van der Waals surface area contributed by atoms with Crippen LogP contribution in [-0.2, 0) is 0 Å². The molecule has 0 radical (unpaired) electrons. The normalized spacial score (nSPS) is 23.3. The maximum atomic E-state index is 3.65. The van der Waals surface area contributed by atoms with Crippen molar-refractivity contribution >= 4 is 21.6 Å². The minimum Gasteiger partial charge on any atom is -0.313 e. The van der Waals surface area contributed by atoms with Crippen molar-refractivity contribution in [2.24, 2.45) is 0 Å². The van der Waals surface area contributed by atoms with Gasteiger partial charge in [0.1, 0.15) is 0 Å². The van der Waals surface area contributed by atoms with Crippen molar-refractivity contribution in [1.82, 2.24) is 5.32 Å². The zero-order valence-electron chi connectivity index (χ0n) is 8.55. The maximum Gasteiger partial charge on any atom is 0.0191 e. The Hall–Kier alpha value is 0.660. The highest BCUT2D eigenvalue weighted by molar-refractivity contribution is 8.76. The van der Waals surface area contributed by atoms with E-state index in [1.54, 1.807) is 0 Å². The number of unbranched alkanes of at least 4 members (excludes halogenated alkanes) is 3. The first-order chi connectivity index (χ1) is 6.43. The molecule has 1 nitrogen and oxygen atoms in total. The van der Waals surface area contributed by atoms with E-state index in [4.69, 9.17) is 0 Å². The predicted octanol–water partition coefficient (Wildman–Crippen LogP) is 3.31. The van der Waals surface area contributed by atoms with Crippen LogP contribution >= 0.6 is 21.6 Å². The Morgan fingerprint density at radius 3 is 2.85 bits per heavy atom. The molecule has 13 heavy (non-hydrogen) atoms. The van der Waals surface area contributed by atoms with Crippen molar-refractivity contribution in [2.75, 3.05) is 18.1 Å². The minimum absolute atomic E-state index is 0.799. The van der Waals surface area contributed by atoms with Crippen LogP contribution in [0.25, 0.3) is 0 Å². The summed E-state index contributed by atoms with van der Waals surface area (Å²) in [7, 11) is 4.05. The first kappa shape index (κ1) is 11.7. The van der Waals surface area contributed by atoms with Crippen molar-refractivity contribution in [1.29, 1.82) is 0 Å². The molecule has 1 saturated heterocycles. The smallest absolute Gasteiger partial charge is 0.0191 e. The summed E-state index contributed by atoms with van der Waals surface area (Å²) in [5.74, 6) is 2.63. The molecule has 0 spiro atoms. The Morgan fingerprint density at radius 2 is 2.15 bits per heavy atom. The van der Waals surface area contributed by atoms with E-state index in [1.165, 1.54) is 50.2 Å². The van der Waals surface area contributed by atoms with Gasteiger partial charge in [-0.2, -0.15) is 0 Å². The highest BCUT2D eigenvalue weighted by Crippen LogP contribution is 2.29. The molecule has 1 aliphatic rings. The highest BCUT2D eigenvalue weighted by Gasteiger charge is 2.12. The van der Waals surface area contributed by atoms with E-state index in [0.29, 0.717) is 0 Å². The van der Waals surface area contributed by atoms with Gasteiger partial charge in [-0.3, -0.25) is 0 Å². The largest absolute Gasteiger partial charge is 0.313 e. The molecule has 1 N–H and O–H groups in total. The van der Waals surface area contributed by atoms with Crippen LogP contribution in [0.4, 0.5) is 0 Å². The van der Waals surface area contributed by atoms with E-state index in [9.17, 15) is 0 Å². The standard InChI is InChI=1S/C10H21NS2/c1-2-3-4-5-7-11-10-6-8-12-13-9-10/h10-11H,2-9H2,1H3/t10-/m0/s1. The van der Waals surface area contributed by atoms with E-state index >= 15 is 0 Å². The fraction of sp³-hybridized carbons (Fsp3) is 1.00. The highest BCUT2D eigenvalue weighted by atomic mass is 33.1. The zero-order valence-corrected chi connectivity index (χ0v) is 10.2. The average molecular weight is 219 g/mol. The van der Waals surface area contributed by atoms with E-state index in [2.05, 4.69) is 12.2 Å². The topological polar surface area (TPSA) is 12.0 Å². The van der Waals surface area contributed by atoms with Crippen LogP contribution in [0.2, 0.25) is 0 Å². The fourth-order valence-electron chi connectivity index (χ4n) is 1.48. The van der Waals surface area contributed by atoms with Crippen LogP contribution in [0, 0.1) is 0 Å². The van der Waals surface area contributed by atoms with Crippen LogP contribution in [0.1, 0.15) is 39.0 Å². The quantitative estimate of drug-likeness (QED) is 0.544. The third-order valence-electron chi connectivity index (χ3n) is 2.37. The molecule has 1 atom stereocenters. The van der Waals surface area contributed by atoms with Crippen molar-refractivity contribution in [3.8, 4) is 0 Å². The molecule has 0 bridgehead atoms. The van der Waals surface area contributed by atoms with Gasteiger partial charge in [-0.25, -0.2) is 0 Å². The van der Waals surface area contributed by atoms with Gasteiger partial charge in [-0.15, -0.1) is 0 Å². The molecule has 1 heterocycles. The van der Waals surface area contributed by atoms with Crippen LogP contribution in [-0.4, -0.2) is 24.1 Å². The summed E-state index contributed by atoms with van der Waals surface area (Å²) in [5, 5.41) is 3.65. The summed E-state index contributed by atoms with van der Waals surface area (Å²) >= 11 is 0. The molecule has 0 aliphatic carbocycles. The first-order valence-corrected chi connectivity index (χ1v) is 7.90. The second-order valence-corrected chi connectivity index (χ2v) is 6.23. The van der Waals surface area contributed by atoms with Gasteiger partial charge in [0.05, 0.1) is 0 Å². The Morgan fingerprint density at radius 1 is 1.23 bits per heavy atom. The lowest BCUT2D eigenvalue weighted by atomic mass is 10.2. The van der Waals surface area contributed by atoms with Gasteiger partial charge in [0.25, 0.3) is 0 Å². The monoisotopic (exact) mass is 219 g/mol. The molecule has 78 valence electrons. The summed E-state index contributed by atoms with van der Waals surface area (Å²) in [5.41, 5.74) is 0. The molecule has 1 rings (SSSR count). The number of hydrogen-bond donors (Lipinski definition) is 1. The third-order valence-corrected chi connectivity index (χ3v) is 4.88. The Labute approximate surface area is 90.2 Å². The third kappa shape index (κ3) is 5.87. The maximum absolute atomic E-state index is 3.65. The van der Waals surface area contributed by atoms with Gasteiger partial charge < -0.3 is 5.32 Å². The summed E-state index contributed by atoms with van der Waals surface area (Å²) in [4.78, 5) is 0. The van der Waals surface area contributed by atoms with Crippen molar-refractivity contribution < 1.29 is 0 Å². The van der Waals surface area contributed by atoms with Gasteiger partial charge in [0.15, 0.2) is 0 Å². The van der Waals surface area contributed by atoms with Gasteiger partial charge in [0.2, 0.25) is 0 Å². The summed E-state index contributed by atoms with van der Waals surface area (Å²) in [6.07, 6.45) is 6.87. The van der Waals surface area contributed by atoms with E-state index < -0.39 is 0 Å². The number of hydrogen-bond acceptors (Lipinski definition) is 3. The SMILES string of the molecule is CCCCCCN[C@H]1CCSSC1. The molecular formula is C10H21NS2. The predicted molar refractivity (Wildman–Crippen MR) is 65.5 cm³/mol. The van der Waals surface area contributed by atoms with E-state index in [1.807, 2.05) is 21.6 Å². The van der Waals surface area contributed by atoms with Crippen LogP contribution < -0.4 is 5.32 Å². The lowest BCUT2D eigenvalue weighted by Crippen LogP contribution is -2.33. The molecule has 0 aromatic heterocycles. The first-order valence-electron chi connectivity index (χ1n) is 5.41. The lowest BCUT2D eigenvalue weighted by molar-refractivity contribution is 0.517. The van der Waals surface area contributed by atoms with Crippen molar-refractivity contribution in [3.05, 3.63) is 0 Å². The molecule has 0 saturated carbocycles. The average Bonchev–Trinajstić information content (AvgIpc) is 2.19. The van der Waals surface area contributed by atoms with Crippen LogP contribution in [0.15, 0.2) is 0 Å². The molecule has 3 heteroatoms. The number of nitrogens with one attached hydrogen (secondary N) is 1. The molecule has 0 aromatic rings. The summed E-state index contributed by atoms with van der Waals surface area (Å²) in [6.45, 7) is 3.50. The zero-order chi connectivity index (χ0) is 9.36. The van der Waals surface area contributed by atoms with Crippen molar-refractivity contribution in [3.63, 3.8) is 0 Å².